The Morgan fingerprint density at radius 3 is 2.24 bits per heavy atom. The van der Waals surface area contributed by atoms with Crippen LogP contribution in [0.1, 0.15) is 20.8 Å². The molecule has 6 heteroatoms. The smallest absolute Gasteiger partial charge is 0.325 e. The molecule has 1 unspecified atom stereocenters. The van der Waals surface area contributed by atoms with E-state index in [1.54, 1.807) is 38.1 Å². The fourth-order valence-electron chi connectivity index (χ4n) is 1.74. The number of carboxylic acids is 1. The topological polar surface area (TPSA) is 84.9 Å². The first-order valence-electron chi connectivity index (χ1n) is 6.83. The van der Waals surface area contributed by atoms with Gasteiger partial charge in [0.2, 0.25) is 0 Å². The summed E-state index contributed by atoms with van der Waals surface area (Å²) < 4.78 is 10.4. The van der Waals surface area contributed by atoms with Crippen LogP contribution >= 0.6 is 0 Å². The average molecular weight is 295 g/mol. The van der Waals surface area contributed by atoms with Crippen LogP contribution in [0.2, 0.25) is 0 Å². The van der Waals surface area contributed by atoms with Gasteiger partial charge < -0.3 is 14.6 Å². The van der Waals surface area contributed by atoms with E-state index in [9.17, 15) is 9.59 Å². The van der Waals surface area contributed by atoms with Crippen LogP contribution in [0.3, 0.4) is 0 Å². The van der Waals surface area contributed by atoms with E-state index in [1.165, 1.54) is 0 Å². The summed E-state index contributed by atoms with van der Waals surface area (Å²) in [5.74, 6) is -0.562. The zero-order valence-electron chi connectivity index (χ0n) is 12.5. The Morgan fingerprint density at radius 1 is 1.19 bits per heavy atom. The van der Waals surface area contributed by atoms with Gasteiger partial charge in [0.15, 0.2) is 0 Å². The molecule has 0 spiro atoms. The Balaban J connectivity index is 2.48. The molecule has 0 aliphatic heterocycles. The third kappa shape index (κ3) is 5.83. The van der Waals surface area contributed by atoms with Crippen LogP contribution in [-0.2, 0) is 9.59 Å². The molecule has 6 nitrogen and oxygen atoms in total. The minimum absolute atomic E-state index is 0.124. The van der Waals surface area contributed by atoms with Crippen molar-refractivity contribution in [2.24, 2.45) is 5.92 Å². The normalized spacial score (nSPS) is 12.0. The molecule has 0 saturated heterocycles. The molecular weight excluding hydrogens is 274 g/mol. The van der Waals surface area contributed by atoms with E-state index in [4.69, 9.17) is 14.6 Å². The summed E-state index contributed by atoms with van der Waals surface area (Å²) >= 11 is 0. The minimum atomic E-state index is -0.987. The molecule has 116 valence electrons. The van der Waals surface area contributed by atoms with Crippen LogP contribution in [0.4, 0.5) is 0 Å². The predicted molar refractivity (Wildman–Crippen MR) is 77.5 cm³/mol. The minimum Gasteiger partial charge on any atom is -0.494 e. The fourth-order valence-corrected chi connectivity index (χ4v) is 1.74. The summed E-state index contributed by atoms with van der Waals surface area (Å²) in [7, 11) is 0. The van der Waals surface area contributed by atoms with Crippen molar-refractivity contribution in [1.29, 1.82) is 0 Å². The second kappa shape index (κ2) is 8.26. The lowest BCUT2D eigenvalue weighted by molar-refractivity contribution is -0.141. The highest BCUT2D eigenvalue weighted by Crippen LogP contribution is 2.17. The number of aliphatic carboxylic acids is 1. The lowest BCUT2D eigenvalue weighted by Crippen LogP contribution is -2.44. The molecule has 0 radical (unpaired) electrons. The number of nitrogens with one attached hydrogen (secondary N) is 1. The van der Waals surface area contributed by atoms with Gasteiger partial charge in [0.1, 0.15) is 17.5 Å². The van der Waals surface area contributed by atoms with Crippen molar-refractivity contribution in [3.8, 4) is 11.5 Å². The SMILES string of the molecule is CCOc1ccc(OC(=O)CNC(C(=O)O)C(C)C)cc1. The lowest BCUT2D eigenvalue weighted by Gasteiger charge is -2.17. The highest BCUT2D eigenvalue weighted by Gasteiger charge is 2.21. The molecule has 21 heavy (non-hydrogen) atoms. The summed E-state index contributed by atoms with van der Waals surface area (Å²) in [5.41, 5.74) is 0. The van der Waals surface area contributed by atoms with Crippen molar-refractivity contribution in [1.82, 2.24) is 5.32 Å². The van der Waals surface area contributed by atoms with Crippen molar-refractivity contribution in [2.45, 2.75) is 26.8 Å². The highest BCUT2D eigenvalue weighted by atomic mass is 16.5. The van der Waals surface area contributed by atoms with E-state index in [-0.39, 0.29) is 12.5 Å². The molecular formula is C15H21NO5. The van der Waals surface area contributed by atoms with Crippen LogP contribution < -0.4 is 14.8 Å². The first kappa shape index (κ1) is 17.0. The number of hydrogen-bond donors (Lipinski definition) is 2. The number of ether oxygens (including phenoxy) is 2. The zero-order valence-corrected chi connectivity index (χ0v) is 12.5. The van der Waals surface area contributed by atoms with Crippen molar-refractivity contribution in [2.75, 3.05) is 13.2 Å². The van der Waals surface area contributed by atoms with Gasteiger partial charge in [-0.05, 0) is 37.1 Å². The molecule has 0 bridgehead atoms. The van der Waals surface area contributed by atoms with E-state index in [2.05, 4.69) is 5.32 Å². The van der Waals surface area contributed by atoms with Gasteiger partial charge in [-0.1, -0.05) is 13.8 Å². The number of esters is 1. The van der Waals surface area contributed by atoms with E-state index in [1.807, 2.05) is 6.92 Å². The van der Waals surface area contributed by atoms with Crippen LogP contribution in [0.5, 0.6) is 11.5 Å². The van der Waals surface area contributed by atoms with Crippen LogP contribution in [-0.4, -0.2) is 36.2 Å². The third-order valence-electron chi connectivity index (χ3n) is 2.77. The molecule has 1 aromatic rings. The van der Waals surface area contributed by atoms with E-state index in [0.29, 0.717) is 18.1 Å². The van der Waals surface area contributed by atoms with Gasteiger partial charge in [0, 0.05) is 0 Å². The quantitative estimate of drug-likeness (QED) is 0.561. The summed E-state index contributed by atoms with van der Waals surface area (Å²) in [6.45, 7) is 5.82. The van der Waals surface area contributed by atoms with Gasteiger partial charge in [0.25, 0.3) is 0 Å². The number of carbonyl (C=O) groups excluding carboxylic acids is 1. The van der Waals surface area contributed by atoms with Gasteiger partial charge >= 0.3 is 11.9 Å². The molecule has 1 rings (SSSR count). The predicted octanol–water partition coefficient (Wildman–Crippen LogP) is 1.69. The first-order chi connectivity index (χ1) is 9.93. The van der Waals surface area contributed by atoms with Crippen molar-refractivity contribution in [3.63, 3.8) is 0 Å². The second-order valence-corrected chi connectivity index (χ2v) is 4.82. The van der Waals surface area contributed by atoms with Gasteiger partial charge in [-0.3, -0.25) is 14.9 Å². The molecule has 0 aliphatic rings. The summed E-state index contributed by atoms with van der Waals surface area (Å²) in [6.07, 6.45) is 0. The Hall–Kier alpha value is -2.08. The Bertz CT molecular complexity index is 469. The number of carbonyl (C=O) groups is 2. The largest absolute Gasteiger partial charge is 0.494 e. The molecule has 1 aromatic carbocycles. The Morgan fingerprint density at radius 2 is 1.76 bits per heavy atom. The first-order valence-corrected chi connectivity index (χ1v) is 6.83. The molecule has 1 atom stereocenters. The van der Waals surface area contributed by atoms with E-state index < -0.39 is 18.0 Å². The summed E-state index contributed by atoms with van der Waals surface area (Å²) in [6, 6.07) is 5.87. The highest BCUT2D eigenvalue weighted by molar-refractivity contribution is 5.77. The fraction of sp³-hybridized carbons (Fsp3) is 0.467. The molecule has 0 fully saturated rings. The third-order valence-corrected chi connectivity index (χ3v) is 2.77. The van der Waals surface area contributed by atoms with Crippen LogP contribution in [0.15, 0.2) is 24.3 Å². The second-order valence-electron chi connectivity index (χ2n) is 4.82. The Labute approximate surface area is 124 Å². The molecule has 0 amide bonds. The summed E-state index contributed by atoms with van der Waals surface area (Å²) in [4.78, 5) is 22.6. The van der Waals surface area contributed by atoms with Gasteiger partial charge in [-0.2, -0.15) is 0 Å². The molecule has 0 heterocycles. The standard InChI is InChI=1S/C15H21NO5/c1-4-20-11-5-7-12(8-6-11)21-13(17)9-16-14(10(2)3)15(18)19/h5-8,10,14,16H,4,9H2,1-3H3,(H,18,19). The molecule has 0 aliphatic carbocycles. The Kier molecular flexibility index (Phi) is 6.68. The lowest BCUT2D eigenvalue weighted by atomic mass is 10.1. The zero-order chi connectivity index (χ0) is 15.8. The molecule has 2 N–H and O–H groups in total. The number of hydrogen-bond acceptors (Lipinski definition) is 5. The number of benzene rings is 1. The monoisotopic (exact) mass is 295 g/mol. The molecule has 0 aromatic heterocycles. The van der Waals surface area contributed by atoms with Crippen molar-refractivity contribution >= 4 is 11.9 Å². The van der Waals surface area contributed by atoms with Gasteiger partial charge in [-0.25, -0.2) is 0 Å². The molecule has 0 saturated carbocycles. The van der Waals surface area contributed by atoms with Crippen molar-refractivity contribution in [3.05, 3.63) is 24.3 Å². The maximum absolute atomic E-state index is 11.7. The maximum Gasteiger partial charge on any atom is 0.325 e. The summed E-state index contributed by atoms with van der Waals surface area (Å²) in [5, 5.41) is 11.7. The van der Waals surface area contributed by atoms with Crippen LogP contribution in [0.25, 0.3) is 0 Å². The number of rotatable bonds is 8. The maximum atomic E-state index is 11.7. The van der Waals surface area contributed by atoms with Crippen molar-refractivity contribution < 1.29 is 24.2 Å². The van der Waals surface area contributed by atoms with E-state index >= 15 is 0 Å². The van der Waals surface area contributed by atoms with Gasteiger partial charge in [0.05, 0.1) is 13.2 Å². The van der Waals surface area contributed by atoms with Gasteiger partial charge in [-0.15, -0.1) is 0 Å². The average Bonchev–Trinajstić information content (AvgIpc) is 2.40. The number of carboxylic acid groups (broad SMARTS) is 1. The van der Waals surface area contributed by atoms with E-state index in [0.717, 1.165) is 0 Å². The van der Waals surface area contributed by atoms with Crippen LogP contribution in [0, 0.1) is 5.92 Å².